The SMILES string of the molecule is CCn1ccnc1CNc1cccc(Cl)c1-n1cncn1. The number of nitrogens with zero attached hydrogens (tertiary/aromatic N) is 5. The standard InChI is InChI=1S/C14H15ClN6/c1-2-20-7-6-17-13(20)8-18-12-5-3-4-11(15)14(12)21-10-16-9-19-21/h3-7,9-10,18H,2,8H2,1H3. The predicted octanol–water partition coefficient (Wildman–Crippen LogP) is 2.75. The summed E-state index contributed by atoms with van der Waals surface area (Å²) in [7, 11) is 0. The number of hydrogen-bond acceptors (Lipinski definition) is 4. The van der Waals surface area contributed by atoms with Crippen molar-refractivity contribution in [3.63, 3.8) is 0 Å². The summed E-state index contributed by atoms with van der Waals surface area (Å²) in [6.45, 7) is 3.59. The molecule has 3 aromatic rings. The zero-order chi connectivity index (χ0) is 14.7. The first-order valence-electron chi connectivity index (χ1n) is 6.67. The molecular weight excluding hydrogens is 288 g/mol. The molecular formula is C14H15ClN6. The lowest BCUT2D eigenvalue weighted by Crippen LogP contribution is -2.10. The van der Waals surface area contributed by atoms with E-state index in [9.17, 15) is 0 Å². The molecule has 0 radical (unpaired) electrons. The van der Waals surface area contributed by atoms with E-state index in [1.165, 1.54) is 6.33 Å². The third-order valence-electron chi connectivity index (χ3n) is 3.21. The summed E-state index contributed by atoms with van der Waals surface area (Å²) < 4.78 is 3.74. The van der Waals surface area contributed by atoms with E-state index in [0.717, 1.165) is 23.7 Å². The van der Waals surface area contributed by atoms with Crippen LogP contribution in [0.25, 0.3) is 5.69 Å². The van der Waals surface area contributed by atoms with Gasteiger partial charge in [-0.05, 0) is 19.1 Å². The number of halogens is 1. The highest BCUT2D eigenvalue weighted by atomic mass is 35.5. The van der Waals surface area contributed by atoms with Gasteiger partial charge >= 0.3 is 0 Å². The van der Waals surface area contributed by atoms with Gasteiger partial charge in [-0.25, -0.2) is 14.6 Å². The largest absolute Gasteiger partial charge is 0.376 e. The summed E-state index contributed by atoms with van der Waals surface area (Å²) in [6, 6.07) is 5.69. The molecule has 0 spiro atoms. The molecule has 0 atom stereocenters. The summed E-state index contributed by atoms with van der Waals surface area (Å²) >= 11 is 6.29. The Kier molecular flexibility index (Phi) is 3.87. The fraction of sp³-hybridized carbons (Fsp3) is 0.214. The Balaban J connectivity index is 1.88. The van der Waals surface area contributed by atoms with E-state index in [0.29, 0.717) is 11.6 Å². The predicted molar refractivity (Wildman–Crippen MR) is 81.6 cm³/mol. The molecule has 0 fully saturated rings. The molecule has 108 valence electrons. The van der Waals surface area contributed by atoms with Crippen LogP contribution in [-0.4, -0.2) is 24.3 Å². The number of nitrogens with one attached hydrogen (secondary N) is 1. The van der Waals surface area contributed by atoms with E-state index in [2.05, 4.69) is 31.9 Å². The van der Waals surface area contributed by atoms with Crippen molar-refractivity contribution in [2.24, 2.45) is 0 Å². The minimum absolute atomic E-state index is 0.614. The molecule has 0 saturated carbocycles. The molecule has 0 amide bonds. The quantitative estimate of drug-likeness (QED) is 0.787. The van der Waals surface area contributed by atoms with Crippen LogP contribution in [0.15, 0.2) is 43.2 Å². The van der Waals surface area contributed by atoms with Gasteiger partial charge in [-0.2, -0.15) is 5.10 Å². The fourth-order valence-corrected chi connectivity index (χ4v) is 2.45. The Labute approximate surface area is 127 Å². The van der Waals surface area contributed by atoms with E-state index in [1.54, 1.807) is 17.2 Å². The first-order chi connectivity index (χ1) is 10.3. The molecule has 3 rings (SSSR count). The monoisotopic (exact) mass is 302 g/mol. The average Bonchev–Trinajstić information content (AvgIpc) is 3.16. The van der Waals surface area contributed by atoms with E-state index < -0.39 is 0 Å². The van der Waals surface area contributed by atoms with Gasteiger partial charge in [-0.3, -0.25) is 0 Å². The Morgan fingerprint density at radius 1 is 1.33 bits per heavy atom. The lowest BCUT2D eigenvalue weighted by Gasteiger charge is -2.13. The molecule has 1 aromatic carbocycles. The van der Waals surface area contributed by atoms with Crippen LogP contribution in [0.5, 0.6) is 0 Å². The Hall–Kier alpha value is -2.34. The first kappa shape index (κ1) is 13.6. The number of benzene rings is 1. The van der Waals surface area contributed by atoms with Crippen molar-refractivity contribution in [1.29, 1.82) is 0 Å². The van der Waals surface area contributed by atoms with Crippen LogP contribution in [0.3, 0.4) is 0 Å². The molecule has 1 N–H and O–H groups in total. The summed E-state index contributed by atoms with van der Waals surface area (Å²) in [5, 5.41) is 8.13. The number of aryl methyl sites for hydroxylation is 1. The molecule has 21 heavy (non-hydrogen) atoms. The van der Waals surface area contributed by atoms with Crippen LogP contribution in [0.1, 0.15) is 12.7 Å². The normalized spacial score (nSPS) is 10.8. The Bertz CT molecular complexity index is 719. The second-order valence-electron chi connectivity index (χ2n) is 4.46. The van der Waals surface area contributed by atoms with Gasteiger partial charge in [0.25, 0.3) is 0 Å². The Morgan fingerprint density at radius 2 is 2.24 bits per heavy atom. The van der Waals surface area contributed by atoms with E-state index in [1.807, 2.05) is 24.4 Å². The van der Waals surface area contributed by atoms with Crippen LogP contribution >= 0.6 is 11.6 Å². The molecule has 0 bridgehead atoms. The maximum absolute atomic E-state index is 6.29. The van der Waals surface area contributed by atoms with Gasteiger partial charge in [0.2, 0.25) is 0 Å². The fourth-order valence-electron chi connectivity index (χ4n) is 2.18. The summed E-state index contributed by atoms with van der Waals surface area (Å²) in [5.74, 6) is 0.974. The third kappa shape index (κ3) is 2.75. The molecule has 0 unspecified atom stereocenters. The van der Waals surface area contributed by atoms with Gasteiger partial charge < -0.3 is 9.88 Å². The minimum Gasteiger partial charge on any atom is -0.376 e. The van der Waals surface area contributed by atoms with Crippen molar-refractivity contribution >= 4 is 17.3 Å². The smallest absolute Gasteiger partial charge is 0.138 e. The van der Waals surface area contributed by atoms with Gasteiger partial charge in [0.05, 0.1) is 17.3 Å². The van der Waals surface area contributed by atoms with Crippen molar-refractivity contribution in [3.05, 3.63) is 54.1 Å². The lowest BCUT2D eigenvalue weighted by molar-refractivity contribution is 0.707. The molecule has 7 heteroatoms. The van der Waals surface area contributed by atoms with Gasteiger partial charge in [0, 0.05) is 18.9 Å². The zero-order valence-corrected chi connectivity index (χ0v) is 12.3. The highest BCUT2D eigenvalue weighted by Crippen LogP contribution is 2.27. The van der Waals surface area contributed by atoms with Gasteiger partial charge in [-0.15, -0.1) is 0 Å². The lowest BCUT2D eigenvalue weighted by atomic mass is 10.2. The summed E-state index contributed by atoms with van der Waals surface area (Å²) in [6.07, 6.45) is 6.88. The maximum atomic E-state index is 6.29. The van der Waals surface area contributed by atoms with Crippen LogP contribution < -0.4 is 5.32 Å². The van der Waals surface area contributed by atoms with Crippen LogP contribution in [-0.2, 0) is 13.1 Å². The van der Waals surface area contributed by atoms with Crippen molar-refractivity contribution in [2.45, 2.75) is 20.0 Å². The van der Waals surface area contributed by atoms with Crippen molar-refractivity contribution in [3.8, 4) is 5.69 Å². The van der Waals surface area contributed by atoms with E-state index in [-0.39, 0.29) is 0 Å². The maximum Gasteiger partial charge on any atom is 0.138 e. The molecule has 0 aliphatic rings. The van der Waals surface area contributed by atoms with Crippen LogP contribution in [0, 0.1) is 0 Å². The van der Waals surface area contributed by atoms with Gasteiger partial charge in [-0.1, -0.05) is 17.7 Å². The number of anilines is 1. The number of aromatic nitrogens is 5. The zero-order valence-electron chi connectivity index (χ0n) is 11.6. The topological polar surface area (TPSA) is 60.6 Å². The molecule has 6 nitrogen and oxygen atoms in total. The number of imidazole rings is 1. The second kappa shape index (κ2) is 5.97. The van der Waals surface area contributed by atoms with Crippen LogP contribution in [0.4, 0.5) is 5.69 Å². The van der Waals surface area contributed by atoms with E-state index >= 15 is 0 Å². The molecule has 2 heterocycles. The van der Waals surface area contributed by atoms with Crippen LogP contribution in [0.2, 0.25) is 5.02 Å². The van der Waals surface area contributed by atoms with Crippen molar-refractivity contribution in [1.82, 2.24) is 24.3 Å². The molecule has 0 aliphatic heterocycles. The first-order valence-corrected chi connectivity index (χ1v) is 7.04. The highest BCUT2D eigenvalue weighted by molar-refractivity contribution is 6.33. The average molecular weight is 303 g/mol. The number of rotatable bonds is 5. The van der Waals surface area contributed by atoms with Gasteiger partial charge in [0.1, 0.15) is 24.2 Å². The molecule has 0 aliphatic carbocycles. The number of hydrogen-bond donors (Lipinski definition) is 1. The summed E-state index contributed by atoms with van der Waals surface area (Å²) in [4.78, 5) is 8.32. The Morgan fingerprint density at radius 3 is 3.00 bits per heavy atom. The molecule has 0 saturated heterocycles. The van der Waals surface area contributed by atoms with E-state index in [4.69, 9.17) is 11.6 Å². The number of para-hydroxylation sites is 1. The summed E-state index contributed by atoms with van der Waals surface area (Å²) in [5.41, 5.74) is 1.67. The third-order valence-corrected chi connectivity index (χ3v) is 3.52. The highest BCUT2D eigenvalue weighted by Gasteiger charge is 2.10. The van der Waals surface area contributed by atoms with Crippen molar-refractivity contribution in [2.75, 3.05) is 5.32 Å². The minimum atomic E-state index is 0.614. The van der Waals surface area contributed by atoms with Crippen molar-refractivity contribution < 1.29 is 0 Å². The van der Waals surface area contributed by atoms with Gasteiger partial charge in [0.15, 0.2) is 0 Å². The molecule has 2 aromatic heterocycles. The second-order valence-corrected chi connectivity index (χ2v) is 4.87.